The summed E-state index contributed by atoms with van der Waals surface area (Å²) >= 11 is 12.1. The molecule has 0 saturated heterocycles. The van der Waals surface area contributed by atoms with Crippen LogP contribution < -0.4 is 5.32 Å². The molecule has 2 nitrogen and oxygen atoms in total. The maximum atomic E-state index is 6.17. The molecule has 94 valence electrons. The maximum Gasteiger partial charge on any atom is 0.0468 e. The second-order valence-corrected chi connectivity index (χ2v) is 4.97. The van der Waals surface area contributed by atoms with Crippen LogP contribution in [0.1, 0.15) is 24.1 Å². The summed E-state index contributed by atoms with van der Waals surface area (Å²) in [6.07, 6.45) is 3.58. The Morgan fingerprint density at radius 2 is 1.89 bits per heavy atom. The van der Waals surface area contributed by atoms with Gasteiger partial charge in [-0.05, 0) is 42.3 Å². The van der Waals surface area contributed by atoms with E-state index in [-0.39, 0.29) is 6.04 Å². The fraction of sp³-hybridized carbons (Fsp3) is 0.214. The Labute approximate surface area is 117 Å². The normalized spacial score (nSPS) is 12.4. The van der Waals surface area contributed by atoms with Crippen LogP contribution in [0.3, 0.4) is 0 Å². The van der Waals surface area contributed by atoms with Crippen LogP contribution in [-0.4, -0.2) is 4.98 Å². The largest absolute Gasteiger partial charge is 0.306 e. The van der Waals surface area contributed by atoms with Gasteiger partial charge in [0.2, 0.25) is 0 Å². The van der Waals surface area contributed by atoms with Gasteiger partial charge in [0.25, 0.3) is 0 Å². The number of hydrogen-bond acceptors (Lipinski definition) is 2. The Balaban J connectivity index is 2.01. The molecule has 0 bridgehead atoms. The van der Waals surface area contributed by atoms with Crippen molar-refractivity contribution in [2.24, 2.45) is 0 Å². The summed E-state index contributed by atoms with van der Waals surface area (Å²) in [7, 11) is 0. The summed E-state index contributed by atoms with van der Waals surface area (Å²) in [5.74, 6) is 0. The molecular formula is C14H14Cl2N2. The molecule has 1 atom stereocenters. The Morgan fingerprint density at radius 3 is 2.56 bits per heavy atom. The highest BCUT2D eigenvalue weighted by Crippen LogP contribution is 2.26. The van der Waals surface area contributed by atoms with E-state index in [4.69, 9.17) is 23.2 Å². The van der Waals surface area contributed by atoms with Gasteiger partial charge in [0.1, 0.15) is 0 Å². The fourth-order valence-corrected chi connectivity index (χ4v) is 2.31. The smallest absolute Gasteiger partial charge is 0.0468 e. The molecule has 2 aromatic rings. The van der Waals surface area contributed by atoms with Crippen molar-refractivity contribution in [3.8, 4) is 0 Å². The average Bonchev–Trinajstić information content (AvgIpc) is 2.37. The number of halogens is 2. The summed E-state index contributed by atoms with van der Waals surface area (Å²) in [4.78, 5) is 3.99. The zero-order chi connectivity index (χ0) is 13.0. The van der Waals surface area contributed by atoms with Crippen molar-refractivity contribution in [2.45, 2.75) is 19.5 Å². The van der Waals surface area contributed by atoms with Crippen LogP contribution in [0.4, 0.5) is 0 Å². The predicted molar refractivity (Wildman–Crippen MR) is 76.0 cm³/mol. The van der Waals surface area contributed by atoms with Gasteiger partial charge in [-0.2, -0.15) is 0 Å². The summed E-state index contributed by atoms with van der Waals surface area (Å²) in [5, 5.41) is 4.77. The number of nitrogens with zero attached hydrogens (tertiary/aromatic N) is 1. The van der Waals surface area contributed by atoms with E-state index < -0.39 is 0 Å². The molecule has 0 unspecified atom stereocenters. The lowest BCUT2D eigenvalue weighted by Crippen LogP contribution is -2.18. The molecule has 4 heteroatoms. The third-order valence-corrected chi connectivity index (χ3v) is 3.35. The summed E-state index contributed by atoms with van der Waals surface area (Å²) < 4.78 is 0. The Bertz CT molecular complexity index is 514. The number of pyridine rings is 1. The predicted octanol–water partition coefficient (Wildman–Crippen LogP) is 4.24. The third-order valence-electron chi connectivity index (χ3n) is 2.79. The number of benzene rings is 1. The molecule has 18 heavy (non-hydrogen) atoms. The van der Waals surface area contributed by atoms with Crippen LogP contribution in [-0.2, 0) is 6.54 Å². The third kappa shape index (κ3) is 3.45. The van der Waals surface area contributed by atoms with E-state index in [0.29, 0.717) is 10.0 Å². The molecule has 0 aliphatic heterocycles. The molecule has 2 rings (SSSR count). The van der Waals surface area contributed by atoms with Crippen molar-refractivity contribution >= 4 is 23.2 Å². The second kappa shape index (κ2) is 6.19. The van der Waals surface area contributed by atoms with Crippen LogP contribution in [0.5, 0.6) is 0 Å². The van der Waals surface area contributed by atoms with Crippen LogP contribution in [0.15, 0.2) is 42.7 Å². The molecule has 0 amide bonds. The van der Waals surface area contributed by atoms with Gasteiger partial charge in [0, 0.05) is 35.0 Å². The van der Waals surface area contributed by atoms with Crippen LogP contribution in [0.2, 0.25) is 10.0 Å². The highest BCUT2D eigenvalue weighted by Gasteiger charge is 2.09. The zero-order valence-corrected chi connectivity index (χ0v) is 11.5. The lowest BCUT2D eigenvalue weighted by Gasteiger charge is -2.16. The first-order valence-corrected chi connectivity index (χ1v) is 6.49. The standard InChI is InChI=1S/C14H14Cl2N2/c1-10(13-3-2-12(15)8-14(13)16)18-9-11-4-6-17-7-5-11/h2-8,10,18H,9H2,1H3/t10-/m0/s1. The van der Waals surface area contributed by atoms with Gasteiger partial charge < -0.3 is 5.32 Å². The van der Waals surface area contributed by atoms with Gasteiger partial charge in [-0.15, -0.1) is 0 Å². The molecule has 0 saturated carbocycles. The summed E-state index contributed by atoms with van der Waals surface area (Å²) in [6, 6.07) is 9.72. The molecule has 0 radical (unpaired) electrons. The molecule has 1 aromatic heterocycles. The van der Waals surface area contributed by atoms with E-state index in [1.54, 1.807) is 18.5 Å². The monoisotopic (exact) mass is 280 g/mol. The SMILES string of the molecule is C[C@H](NCc1ccncc1)c1ccc(Cl)cc1Cl. The highest BCUT2D eigenvalue weighted by molar-refractivity contribution is 6.35. The van der Waals surface area contributed by atoms with Gasteiger partial charge in [0.05, 0.1) is 0 Å². The van der Waals surface area contributed by atoms with E-state index in [0.717, 1.165) is 12.1 Å². The number of rotatable bonds is 4. The fourth-order valence-electron chi connectivity index (χ4n) is 1.73. The van der Waals surface area contributed by atoms with Crippen molar-refractivity contribution in [1.82, 2.24) is 10.3 Å². The molecule has 1 heterocycles. The summed E-state index contributed by atoms with van der Waals surface area (Å²) in [6.45, 7) is 2.86. The van der Waals surface area contributed by atoms with Crippen molar-refractivity contribution in [3.63, 3.8) is 0 Å². The van der Waals surface area contributed by atoms with E-state index in [1.807, 2.05) is 24.3 Å². The minimum atomic E-state index is 0.169. The van der Waals surface area contributed by atoms with E-state index in [9.17, 15) is 0 Å². The van der Waals surface area contributed by atoms with Crippen LogP contribution in [0.25, 0.3) is 0 Å². The summed E-state index contributed by atoms with van der Waals surface area (Å²) in [5.41, 5.74) is 2.25. The Morgan fingerprint density at radius 1 is 1.17 bits per heavy atom. The highest BCUT2D eigenvalue weighted by atomic mass is 35.5. The second-order valence-electron chi connectivity index (χ2n) is 4.12. The van der Waals surface area contributed by atoms with Crippen molar-refractivity contribution < 1.29 is 0 Å². The van der Waals surface area contributed by atoms with E-state index >= 15 is 0 Å². The average molecular weight is 281 g/mol. The topological polar surface area (TPSA) is 24.9 Å². The first-order valence-electron chi connectivity index (χ1n) is 5.74. The Hall–Kier alpha value is -1.09. The molecule has 1 N–H and O–H groups in total. The minimum absolute atomic E-state index is 0.169. The van der Waals surface area contributed by atoms with Gasteiger partial charge in [0.15, 0.2) is 0 Å². The molecule has 0 spiro atoms. The molecule has 0 fully saturated rings. The van der Waals surface area contributed by atoms with Gasteiger partial charge >= 0.3 is 0 Å². The molecule has 1 aromatic carbocycles. The van der Waals surface area contributed by atoms with Gasteiger partial charge in [-0.3, -0.25) is 4.98 Å². The lowest BCUT2D eigenvalue weighted by atomic mass is 10.1. The van der Waals surface area contributed by atoms with Crippen molar-refractivity contribution in [2.75, 3.05) is 0 Å². The van der Waals surface area contributed by atoms with E-state index in [1.165, 1.54) is 5.56 Å². The minimum Gasteiger partial charge on any atom is -0.306 e. The first kappa shape index (κ1) is 13.3. The lowest BCUT2D eigenvalue weighted by molar-refractivity contribution is 0.574. The number of hydrogen-bond donors (Lipinski definition) is 1. The van der Waals surface area contributed by atoms with Crippen molar-refractivity contribution in [3.05, 3.63) is 63.9 Å². The van der Waals surface area contributed by atoms with Crippen LogP contribution >= 0.6 is 23.2 Å². The quantitative estimate of drug-likeness (QED) is 0.906. The van der Waals surface area contributed by atoms with E-state index in [2.05, 4.69) is 17.2 Å². The Kier molecular flexibility index (Phi) is 4.59. The van der Waals surface area contributed by atoms with Crippen molar-refractivity contribution in [1.29, 1.82) is 0 Å². The number of aromatic nitrogens is 1. The van der Waals surface area contributed by atoms with Gasteiger partial charge in [-0.1, -0.05) is 29.3 Å². The van der Waals surface area contributed by atoms with Crippen LogP contribution in [0, 0.1) is 0 Å². The molecular weight excluding hydrogens is 267 g/mol. The molecule has 0 aliphatic carbocycles. The molecule has 0 aliphatic rings. The first-order chi connectivity index (χ1) is 8.66. The zero-order valence-electron chi connectivity index (χ0n) is 10.0. The maximum absolute atomic E-state index is 6.17. The number of nitrogens with one attached hydrogen (secondary N) is 1. The van der Waals surface area contributed by atoms with Gasteiger partial charge in [-0.25, -0.2) is 0 Å².